The van der Waals surface area contributed by atoms with Crippen LogP contribution in [0.4, 0.5) is 0 Å². The fraction of sp³-hybridized carbons (Fsp3) is 0.462. The number of nitriles is 1. The van der Waals surface area contributed by atoms with Crippen LogP contribution >= 0.6 is 0 Å². The van der Waals surface area contributed by atoms with Gasteiger partial charge in [-0.3, -0.25) is 0 Å². The van der Waals surface area contributed by atoms with Gasteiger partial charge in [0.2, 0.25) is 10.0 Å². The van der Waals surface area contributed by atoms with Crippen molar-refractivity contribution in [3.8, 4) is 6.07 Å². The Morgan fingerprint density at radius 1 is 1.37 bits per heavy atom. The van der Waals surface area contributed by atoms with Crippen molar-refractivity contribution in [3.63, 3.8) is 0 Å². The molecule has 1 unspecified atom stereocenters. The van der Waals surface area contributed by atoms with E-state index in [0.717, 1.165) is 5.56 Å². The summed E-state index contributed by atoms with van der Waals surface area (Å²) >= 11 is 0. The van der Waals surface area contributed by atoms with E-state index < -0.39 is 16.1 Å². The molecule has 1 saturated heterocycles. The molecule has 1 aliphatic heterocycles. The molecule has 1 heterocycles. The summed E-state index contributed by atoms with van der Waals surface area (Å²) in [7, 11) is -3.32. The van der Waals surface area contributed by atoms with Crippen molar-refractivity contribution in [1.82, 2.24) is 4.31 Å². The highest BCUT2D eigenvalue weighted by Crippen LogP contribution is 2.12. The van der Waals surface area contributed by atoms with Gasteiger partial charge < -0.3 is 4.74 Å². The van der Waals surface area contributed by atoms with Gasteiger partial charge >= 0.3 is 0 Å². The molecule has 2 rings (SSSR count). The van der Waals surface area contributed by atoms with E-state index in [1.807, 2.05) is 36.4 Å². The summed E-state index contributed by atoms with van der Waals surface area (Å²) in [6, 6.07) is 11.5. The monoisotopic (exact) mass is 280 g/mol. The third-order valence-electron chi connectivity index (χ3n) is 3.06. The first-order valence-corrected chi connectivity index (χ1v) is 7.76. The Kier molecular flexibility index (Phi) is 4.53. The Labute approximate surface area is 113 Å². The first kappa shape index (κ1) is 14.0. The maximum atomic E-state index is 12.2. The van der Waals surface area contributed by atoms with Crippen LogP contribution in [-0.2, 0) is 21.2 Å². The lowest BCUT2D eigenvalue weighted by molar-refractivity contribution is 0.0311. The minimum absolute atomic E-state index is 0.0646. The Morgan fingerprint density at radius 2 is 2.11 bits per heavy atom. The number of sulfonamides is 1. The van der Waals surface area contributed by atoms with Crippen LogP contribution in [0.15, 0.2) is 30.3 Å². The Morgan fingerprint density at radius 3 is 2.79 bits per heavy atom. The van der Waals surface area contributed by atoms with Crippen molar-refractivity contribution >= 4 is 10.0 Å². The standard InChI is InChI=1S/C13H16N2O3S/c14-10-13-11-15(7-8-18-13)19(16,17)9-6-12-4-2-1-3-5-12/h1-5,13H,6-9,11H2. The first-order chi connectivity index (χ1) is 9.12. The number of benzene rings is 1. The molecule has 0 aromatic heterocycles. The predicted octanol–water partition coefficient (Wildman–Crippen LogP) is 0.783. The number of aryl methyl sites for hydroxylation is 1. The van der Waals surface area contributed by atoms with E-state index in [2.05, 4.69) is 0 Å². The highest BCUT2D eigenvalue weighted by Gasteiger charge is 2.28. The van der Waals surface area contributed by atoms with Gasteiger partial charge in [-0.05, 0) is 12.0 Å². The van der Waals surface area contributed by atoms with Gasteiger partial charge in [0, 0.05) is 6.54 Å². The number of morpholine rings is 1. The number of hydrogen-bond donors (Lipinski definition) is 0. The molecule has 6 heteroatoms. The summed E-state index contributed by atoms with van der Waals surface area (Å²) in [5, 5.41) is 8.79. The maximum absolute atomic E-state index is 12.2. The van der Waals surface area contributed by atoms with E-state index in [1.165, 1.54) is 4.31 Å². The van der Waals surface area contributed by atoms with Gasteiger partial charge in [-0.2, -0.15) is 9.57 Å². The molecule has 0 N–H and O–H groups in total. The van der Waals surface area contributed by atoms with Crippen molar-refractivity contribution in [2.75, 3.05) is 25.4 Å². The number of nitrogens with zero attached hydrogens (tertiary/aromatic N) is 2. The highest BCUT2D eigenvalue weighted by atomic mass is 32.2. The minimum atomic E-state index is -3.32. The summed E-state index contributed by atoms with van der Waals surface area (Å²) in [4.78, 5) is 0. The van der Waals surface area contributed by atoms with E-state index in [1.54, 1.807) is 0 Å². The van der Waals surface area contributed by atoms with Crippen molar-refractivity contribution in [3.05, 3.63) is 35.9 Å². The molecule has 1 aliphatic rings. The lowest BCUT2D eigenvalue weighted by Gasteiger charge is -2.28. The average molecular weight is 280 g/mol. The van der Waals surface area contributed by atoms with Crippen LogP contribution in [0, 0.1) is 11.3 Å². The van der Waals surface area contributed by atoms with Crippen molar-refractivity contribution in [2.45, 2.75) is 12.5 Å². The van der Waals surface area contributed by atoms with Gasteiger partial charge in [0.05, 0.1) is 25.0 Å². The Hall–Kier alpha value is -1.42. The van der Waals surface area contributed by atoms with E-state index in [0.29, 0.717) is 13.0 Å². The Balaban J connectivity index is 1.97. The van der Waals surface area contributed by atoms with Gasteiger partial charge in [-0.1, -0.05) is 30.3 Å². The van der Waals surface area contributed by atoms with E-state index in [4.69, 9.17) is 10.00 Å². The van der Waals surface area contributed by atoms with Crippen LogP contribution in [-0.4, -0.2) is 44.3 Å². The fourth-order valence-electron chi connectivity index (χ4n) is 1.98. The summed E-state index contributed by atoms with van der Waals surface area (Å²) in [5.74, 6) is 0.0646. The summed E-state index contributed by atoms with van der Waals surface area (Å²) in [6.45, 7) is 0.742. The molecule has 0 aliphatic carbocycles. The number of ether oxygens (including phenoxy) is 1. The number of hydrogen-bond acceptors (Lipinski definition) is 4. The predicted molar refractivity (Wildman–Crippen MR) is 70.9 cm³/mol. The molecular weight excluding hydrogens is 264 g/mol. The zero-order valence-corrected chi connectivity index (χ0v) is 11.3. The van der Waals surface area contributed by atoms with Gasteiger partial charge in [-0.15, -0.1) is 0 Å². The zero-order valence-electron chi connectivity index (χ0n) is 10.5. The quantitative estimate of drug-likeness (QED) is 0.817. The molecule has 0 spiro atoms. The van der Waals surface area contributed by atoms with Crippen LogP contribution in [0.3, 0.4) is 0 Å². The lowest BCUT2D eigenvalue weighted by Crippen LogP contribution is -2.46. The summed E-state index contributed by atoms with van der Waals surface area (Å²) in [6.07, 6.45) is -0.169. The third kappa shape index (κ3) is 3.77. The largest absolute Gasteiger partial charge is 0.361 e. The Bertz CT molecular complexity index is 551. The van der Waals surface area contributed by atoms with E-state index in [-0.39, 0.29) is 18.9 Å². The van der Waals surface area contributed by atoms with Gasteiger partial charge in [-0.25, -0.2) is 8.42 Å². The highest BCUT2D eigenvalue weighted by molar-refractivity contribution is 7.89. The zero-order chi connectivity index (χ0) is 13.7. The molecule has 0 saturated carbocycles. The second kappa shape index (κ2) is 6.15. The fourth-order valence-corrected chi connectivity index (χ4v) is 3.44. The third-order valence-corrected chi connectivity index (χ3v) is 4.90. The minimum Gasteiger partial charge on any atom is -0.361 e. The van der Waals surface area contributed by atoms with Gasteiger partial charge in [0.1, 0.15) is 0 Å². The first-order valence-electron chi connectivity index (χ1n) is 6.15. The molecule has 1 aromatic carbocycles. The molecular formula is C13H16N2O3S. The topological polar surface area (TPSA) is 70.4 Å². The average Bonchev–Trinajstić information content (AvgIpc) is 2.46. The van der Waals surface area contributed by atoms with Crippen LogP contribution in [0.5, 0.6) is 0 Å². The molecule has 1 atom stereocenters. The normalized spacial score (nSPS) is 20.9. The molecule has 1 fully saturated rings. The molecule has 5 nitrogen and oxygen atoms in total. The maximum Gasteiger partial charge on any atom is 0.214 e. The number of rotatable bonds is 4. The van der Waals surface area contributed by atoms with Gasteiger partial charge in [0.25, 0.3) is 0 Å². The smallest absolute Gasteiger partial charge is 0.214 e. The second-order valence-electron chi connectivity index (χ2n) is 4.40. The molecule has 19 heavy (non-hydrogen) atoms. The summed E-state index contributed by atoms with van der Waals surface area (Å²) < 4.78 is 30.9. The van der Waals surface area contributed by atoms with Crippen molar-refractivity contribution in [2.24, 2.45) is 0 Å². The van der Waals surface area contributed by atoms with Crippen LogP contribution < -0.4 is 0 Å². The van der Waals surface area contributed by atoms with Crippen molar-refractivity contribution in [1.29, 1.82) is 5.26 Å². The summed E-state index contributed by atoms with van der Waals surface area (Å²) in [5.41, 5.74) is 0.996. The molecule has 0 radical (unpaired) electrons. The van der Waals surface area contributed by atoms with Crippen LogP contribution in [0.2, 0.25) is 0 Å². The molecule has 0 amide bonds. The van der Waals surface area contributed by atoms with Crippen LogP contribution in [0.25, 0.3) is 0 Å². The molecule has 102 valence electrons. The second-order valence-corrected chi connectivity index (χ2v) is 6.49. The van der Waals surface area contributed by atoms with Gasteiger partial charge in [0.15, 0.2) is 6.10 Å². The van der Waals surface area contributed by atoms with E-state index >= 15 is 0 Å². The molecule has 1 aromatic rings. The van der Waals surface area contributed by atoms with Crippen LogP contribution in [0.1, 0.15) is 5.56 Å². The molecule has 0 bridgehead atoms. The van der Waals surface area contributed by atoms with Crippen molar-refractivity contribution < 1.29 is 13.2 Å². The SMILES string of the molecule is N#CC1CN(S(=O)(=O)CCc2ccccc2)CCO1. The van der Waals surface area contributed by atoms with E-state index in [9.17, 15) is 8.42 Å². The lowest BCUT2D eigenvalue weighted by atomic mass is 10.2.